The van der Waals surface area contributed by atoms with Gasteiger partial charge in [-0.25, -0.2) is 0 Å². The number of hydrogen-bond acceptors (Lipinski definition) is 1. The monoisotopic (exact) mass is 385 g/mol. The molecule has 3 aromatic carbocycles. The van der Waals surface area contributed by atoms with Crippen LogP contribution >= 0.6 is 15.9 Å². The topological polar surface area (TPSA) is 12.9 Å². The molecule has 0 saturated heterocycles. The lowest BCUT2D eigenvalue weighted by Crippen LogP contribution is -1.87. The molecule has 0 bridgehead atoms. The first-order valence-electron chi connectivity index (χ1n) is 8.17. The minimum absolute atomic E-state index is 1.09. The summed E-state index contributed by atoms with van der Waals surface area (Å²) in [6.07, 6.45) is 3.72. The van der Waals surface area contributed by atoms with Crippen LogP contribution in [0, 0.1) is 0 Å². The Labute approximate surface area is 156 Å². The summed E-state index contributed by atoms with van der Waals surface area (Å²) in [6, 6.07) is 29.6. The maximum absolute atomic E-state index is 4.27. The van der Waals surface area contributed by atoms with Gasteiger partial charge in [-0.2, -0.15) is 0 Å². The van der Waals surface area contributed by atoms with E-state index >= 15 is 0 Å². The van der Waals surface area contributed by atoms with E-state index in [9.17, 15) is 0 Å². The number of hydrogen-bond donors (Lipinski definition) is 0. The van der Waals surface area contributed by atoms with E-state index in [1.807, 2.05) is 18.3 Å². The molecule has 25 heavy (non-hydrogen) atoms. The number of rotatable bonds is 3. The van der Waals surface area contributed by atoms with E-state index in [4.69, 9.17) is 0 Å². The third-order valence-electron chi connectivity index (χ3n) is 4.23. The van der Waals surface area contributed by atoms with Crippen LogP contribution in [0.25, 0.3) is 33.4 Å². The van der Waals surface area contributed by atoms with Gasteiger partial charge in [0.05, 0.1) is 0 Å². The van der Waals surface area contributed by atoms with Gasteiger partial charge < -0.3 is 0 Å². The second kappa shape index (κ2) is 7.04. The summed E-state index contributed by atoms with van der Waals surface area (Å²) in [4.78, 5) is 4.27. The SMILES string of the molecule is Brc1cccc(-c2cccc(-c3ccccc3-c3cccnc3)c2)c1. The summed E-state index contributed by atoms with van der Waals surface area (Å²) in [5.41, 5.74) is 7.16. The molecule has 2 heteroatoms. The second-order valence-corrected chi connectivity index (χ2v) is 6.79. The standard InChI is InChI=1S/C23H16BrN/c24-21-10-4-7-18(15-21)17-6-3-8-19(14-17)22-11-1-2-12-23(22)20-9-5-13-25-16-20/h1-16H. The first-order chi connectivity index (χ1) is 12.3. The molecule has 0 unspecified atom stereocenters. The van der Waals surface area contributed by atoms with E-state index in [0.717, 1.165) is 10.0 Å². The third-order valence-corrected chi connectivity index (χ3v) is 4.72. The van der Waals surface area contributed by atoms with E-state index < -0.39 is 0 Å². The molecule has 0 atom stereocenters. The van der Waals surface area contributed by atoms with Gasteiger partial charge in [0.25, 0.3) is 0 Å². The van der Waals surface area contributed by atoms with Gasteiger partial charge in [0.1, 0.15) is 0 Å². The summed E-state index contributed by atoms with van der Waals surface area (Å²) in [6.45, 7) is 0. The average molecular weight is 386 g/mol. The van der Waals surface area contributed by atoms with E-state index in [0.29, 0.717) is 0 Å². The zero-order valence-corrected chi connectivity index (χ0v) is 15.1. The van der Waals surface area contributed by atoms with E-state index in [2.05, 4.69) is 93.7 Å². The van der Waals surface area contributed by atoms with Crippen LogP contribution in [0.15, 0.2) is 102 Å². The maximum atomic E-state index is 4.27. The van der Waals surface area contributed by atoms with Crippen LogP contribution in [-0.4, -0.2) is 4.98 Å². The van der Waals surface area contributed by atoms with Crippen molar-refractivity contribution in [2.75, 3.05) is 0 Å². The van der Waals surface area contributed by atoms with Gasteiger partial charge in [0.2, 0.25) is 0 Å². The Morgan fingerprint density at radius 2 is 1.20 bits per heavy atom. The molecule has 120 valence electrons. The van der Waals surface area contributed by atoms with Gasteiger partial charge in [-0.15, -0.1) is 0 Å². The van der Waals surface area contributed by atoms with E-state index in [1.165, 1.54) is 27.8 Å². The first kappa shape index (κ1) is 15.8. The van der Waals surface area contributed by atoms with Crippen molar-refractivity contribution >= 4 is 15.9 Å². The summed E-state index contributed by atoms with van der Waals surface area (Å²) in [7, 11) is 0. The van der Waals surface area contributed by atoms with Crippen LogP contribution in [0.4, 0.5) is 0 Å². The van der Waals surface area contributed by atoms with Crippen LogP contribution < -0.4 is 0 Å². The fourth-order valence-corrected chi connectivity index (χ4v) is 3.44. The van der Waals surface area contributed by atoms with Crippen LogP contribution in [-0.2, 0) is 0 Å². The highest BCUT2D eigenvalue weighted by molar-refractivity contribution is 9.10. The van der Waals surface area contributed by atoms with E-state index in [-0.39, 0.29) is 0 Å². The smallest absolute Gasteiger partial charge is 0.0346 e. The maximum Gasteiger partial charge on any atom is 0.0346 e. The van der Waals surface area contributed by atoms with Crippen LogP contribution in [0.3, 0.4) is 0 Å². The molecule has 0 aliphatic rings. The van der Waals surface area contributed by atoms with Crippen molar-refractivity contribution in [3.63, 3.8) is 0 Å². The Morgan fingerprint density at radius 3 is 1.92 bits per heavy atom. The van der Waals surface area contributed by atoms with Crippen molar-refractivity contribution < 1.29 is 0 Å². The minimum atomic E-state index is 1.09. The first-order valence-corrected chi connectivity index (χ1v) is 8.96. The predicted octanol–water partition coefficient (Wildman–Crippen LogP) is 6.85. The van der Waals surface area contributed by atoms with Crippen molar-refractivity contribution in [3.05, 3.63) is 102 Å². The second-order valence-electron chi connectivity index (χ2n) is 5.88. The number of benzene rings is 3. The molecule has 0 aliphatic heterocycles. The molecule has 0 N–H and O–H groups in total. The molecular formula is C23H16BrN. The molecule has 0 saturated carbocycles. The molecule has 4 aromatic rings. The fourth-order valence-electron chi connectivity index (χ4n) is 3.04. The number of pyridine rings is 1. The van der Waals surface area contributed by atoms with Crippen molar-refractivity contribution in [1.29, 1.82) is 0 Å². The molecule has 1 nitrogen and oxygen atoms in total. The van der Waals surface area contributed by atoms with Crippen molar-refractivity contribution in [1.82, 2.24) is 4.98 Å². The molecule has 0 fully saturated rings. The van der Waals surface area contributed by atoms with Gasteiger partial charge >= 0.3 is 0 Å². The number of halogens is 1. The Kier molecular flexibility index (Phi) is 4.45. The zero-order valence-electron chi connectivity index (χ0n) is 13.6. The molecular weight excluding hydrogens is 370 g/mol. The quantitative estimate of drug-likeness (QED) is 0.375. The Morgan fingerprint density at radius 1 is 0.560 bits per heavy atom. The molecule has 4 rings (SSSR count). The Hall–Kier alpha value is -2.71. The fraction of sp³-hybridized carbons (Fsp3) is 0. The number of nitrogens with zero attached hydrogens (tertiary/aromatic N) is 1. The zero-order chi connectivity index (χ0) is 17.1. The van der Waals surface area contributed by atoms with Crippen molar-refractivity contribution in [3.8, 4) is 33.4 Å². The van der Waals surface area contributed by atoms with Gasteiger partial charge in [0.15, 0.2) is 0 Å². The summed E-state index contributed by atoms with van der Waals surface area (Å²) >= 11 is 3.56. The van der Waals surface area contributed by atoms with Crippen LogP contribution in [0.5, 0.6) is 0 Å². The molecule has 0 aliphatic carbocycles. The van der Waals surface area contributed by atoms with Crippen molar-refractivity contribution in [2.24, 2.45) is 0 Å². The van der Waals surface area contributed by atoms with Gasteiger partial charge in [-0.05, 0) is 52.1 Å². The molecule has 0 amide bonds. The highest BCUT2D eigenvalue weighted by Crippen LogP contribution is 2.34. The Balaban J connectivity index is 1.83. The lowest BCUT2D eigenvalue weighted by molar-refractivity contribution is 1.33. The lowest BCUT2D eigenvalue weighted by atomic mass is 9.93. The summed E-state index contributed by atoms with van der Waals surface area (Å²) in [5.74, 6) is 0. The molecule has 0 radical (unpaired) electrons. The van der Waals surface area contributed by atoms with Crippen LogP contribution in [0.2, 0.25) is 0 Å². The number of aromatic nitrogens is 1. The summed E-state index contributed by atoms with van der Waals surface area (Å²) in [5, 5.41) is 0. The largest absolute Gasteiger partial charge is 0.264 e. The molecule has 1 aromatic heterocycles. The molecule has 0 spiro atoms. The van der Waals surface area contributed by atoms with Crippen molar-refractivity contribution in [2.45, 2.75) is 0 Å². The highest BCUT2D eigenvalue weighted by Gasteiger charge is 2.08. The predicted molar refractivity (Wildman–Crippen MR) is 108 cm³/mol. The van der Waals surface area contributed by atoms with Crippen LogP contribution in [0.1, 0.15) is 0 Å². The normalized spacial score (nSPS) is 10.6. The highest BCUT2D eigenvalue weighted by atomic mass is 79.9. The summed E-state index contributed by atoms with van der Waals surface area (Å²) < 4.78 is 1.09. The third kappa shape index (κ3) is 3.40. The average Bonchev–Trinajstić information content (AvgIpc) is 2.69. The van der Waals surface area contributed by atoms with E-state index in [1.54, 1.807) is 6.20 Å². The van der Waals surface area contributed by atoms with Gasteiger partial charge in [-0.3, -0.25) is 4.98 Å². The minimum Gasteiger partial charge on any atom is -0.264 e. The van der Waals surface area contributed by atoms with Gasteiger partial charge in [0, 0.05) is 22.4 Å². The Bertz CT molecular complexity index is 1010. The molecule has 1 heterocycles. The van der Waals surface area contributed by atoms with Gasteiger partial charge in [-0.1, -0.05) is 76.6 Å². The lowest BCUT2D eigenvalue weighted by Gasteiger charge is -2.11.